The van der Waals surface area contributed by atoms with Crippen molar-refractivity contribution in [3.8, 4) is 0 Å². The molecule has 1 heterocycles. The number of nitrogens with one attached hydrogen (secondary N) is 2. The van der Waals surface area contributed by atoms with Crippen LogP contribution in [0, 0.1) is 0 Å². The Labute approximate surface area is 107 Å². The number of anilines is 1. The van der Waals surface area contributed by atoms with Gasteiger partial charge in [0, 0.05) is 19.7 Å². The second kappa shape index (κ2) is 7.60. The summed E-state index contributed by atoms with van der Waals surface area (Å²) in [6, 6.07) is 3.35. The van der Waals surface area contributed by atoms with Gasteiger partial charge in [0.2, 0.25) is 0 Å². The molecular weight excluding hydrogens is 232 g/mol. The second-order valence-corrected chi connectivity index (χ2v) is 4.06. The summed E-state index contributed by atoms with van der Waals surface area (Å²) in [5.41, 5.74) is 0.306. The molecule has 0 spiro atoms. The van der Waals surface area contributed by atoms with E-state index in [0.29, 0.717) is 18.1 Å². The summed E-state index contributed by atoms with van der Waals surface area (Å²) in [6.45, 7) is 5.24. The highest BCUT2D eigenvalue weighted by Gasteiger charge is 2.11. The van der Waals surface area contributed by atoms with E-state index in [9.17, 15) is 4.79 Å². The summed E-state index contributed by atoms with van der Waals surface area (Å²) >= 11 is 0. The summed E-state index contributed by atoms with van der Waals surface area (Å²) in [5.74, 6) is 0.437. The predicted octanol–water partition coefficient (Wildman–Crippen LogP) is 1.06. The molecule has 1 atom stereocenters. The van der Waals surface area contributed by atoms with E-state index < -0.39 is 0 Å². The Morgan fingerprint density at radius 1 is 1.44 bits per heavy atom. The molecule has 1 amide bonds. The van der Waals surface area contributed by atoms with E-state index in [2.05, 4.69) is 27.8 Å². The van der Waals surface area contributed by atoms with Crippen molar-refractivity contribution < 1.29 is 9.53 Å². The minimum Gasteiger partial charge on any atom is -0.383 e. The molecule has 0 aromatic carbocycles. The van der Waals surface area contributed by atoms with Crippen LogP contribution in [0.2, 0.25) is 0 Å². The van der Waals surface area contributed by atoms with Crippen molar-refractivity contribution in [1.29, 1.82) is 0 Å². The third-order valence-electron chi connectivity index (χ3n) is 2.25. The van der Waals surface area contributed by atoms with Crippen LogP contribution in [0.3, 0.4) is 0 Å². The molecule has 1 rings (SSSR count). The molecule has 1 unspecified atom stereocenters. The lowest BCUT2D eigenvalue weighted by Gasteiger charge is -2.12. The number of hydrogen-bond donors (Lipinski definition) is 2. The van der Waals surface area contributed by atoms with Gasteiger partial charge in [0.15, 0.2) is 5.69 Å². The van der Waals surface area contributed by atoms with Gasteiger partial charge in [-0.15, -0.1) is 10.2 Å². The topological polar surface area (TPSA) is 76.1 Å². The Kier molecular flexibility index (Phi) is 6.07. The van der Waals surface area contributed by atoms with Crippen LogP contribution in [0.5, 0.6) is 0 Å². The fraction of sp³-hybridized carbons (Fsp3) is 0.583. The van der Waals surface area contributed by atoms with Crippen molar-refractivity contribution >= 4 is 11.7 Å². The maximum absolute atomic E-state index is 11.8. The lowest BCUT2D eigenvalue weighted by atomic mass is 10.3. The number of aromatic nitrogens is 2. The maximum Gasteiger partial charge on any atom is 0.272 e. The van der Waals surface area contributed by atoms with Gasteiger partial charge in [-0.2, -0.15) is 0 Å². The number of carbonyl (C=O) groups excluding carboxylic acids is 1. The van der Waals surface area contributed by atoms with Gasteiger partial charge in [-0.05, 0) is 25.5 Å². The molecule has 1 aromatic heterocycles. The number of amides is 1. The SMILES string of the molecule is CCCNc1ccc(C(=O)NC(C)COC)nn1. The Morgan fingerprint density at radius 2 is 2.22 bits per heavy atom. The highest BCUT2D eigenvalue weighted by molar-refractivity contribution is 5.92. The van der Waals surface area contributed by atoms with Crippen LogP contribution < -0.4 is 10.6 Å². The molecule has 0 aliphatic heterocycles. The minimum absolute atomic E-state index is 0.0535. The van der Waals surface area contributed by atoms with E-state index in [1.54, 1.807) is 19.2 Å². The lowest BCUT2D eigenvalue weighted by molar-refractivity contribution is 0.0899. The van der Waals surface area contributed by atoms with Crippen LogP contribution in [-0.4, -0.2) is 42.4 Å². The number of ether oxygens (including phenoxy) is 1. The quantitative estimate of drug-likeness (QED) is 0.759. The summed E-state index contributed by atoms with van der Waals surface area (Å²) in [4.78, 5) is 11.8. The van der Waals surface area contributed by atoms with Gasteiger partial charge in [-0.25, -0.2) is 0 Å². The van der Waals surface area contributed by atoms with Crippen LogP contribution >= 0.6 is 0 Å². The van der Waals surface area contributed by atoms with Crippen molar-refractivity contribution in [1.82, 2.24) is 15.5 Å². The Hall–Kier alpha value is -1.69. The van der Waals surface area contributed by atoms with Crippen LogP contribution in [0.25, 0.3) is 0 Å². The molecule has 0 saturated heterocycles. The van der Waals surface area contributed by atoms with Crippen LogP contribution in [0.1, 0.15) is 30.8 Å². The zero-order valence-electron chi connectivity index (χ0n) is 11.1. The first-order valence-corrected chi connectivity index (χ1v) is 6.04. The standard InChI is InChI=1S/C12H20N4O2/c1-4-7-13-11-6-5-10(15-16-11)12(17)14-9(2)8-18-3/h5-6,9H,4,7-8H2,1-3H3,(H,13,16)(H,14,17). The fourth-order valence-electron chi connectivity index (χ4n) is 1.39. The molecular formula is C12H20N4O2. The summed E-state index contributed by atoms with van der Waals surface area (Å²) in [6.07, 6.45) is 1.01. The molecule has 0 aliphatic carbocycles. The van der Waals surface area contributed by atoms with Crippen molar-refractivity contribution in [3.63, 3.8) is 0 Å². The van der Waals surface area contributed by atoms with Gasteiger partial charge >= 0.3 is 0 Å². The van der Waals surface area contributed by atoms with Crippen LogP contribution in [0.4, 0.5) is 5.82 Å². The number of carbonyl (C=O) groups is 1. The monoisotopic (exact) mass is 252 g/mol. The largest absolute Gasteiger partial charge is 0.383 e. The smallest absolute Gasteiger partial charge is 0.272 e. The summed E-state index contributed by atoms with van der Waals surface area (Å²) in [7, 11) is 1.59. The van der Waals surface area contributed by atoms with Gasteiger partial charge in [0.25, 0.3) is 5.91 Å². The van der Waals surface area contributed by atoms with Crippen LogP contribution in [-0.2, 0) is 4.74 Å². The number of nitrogens with zero attached hydrogens (tertiary/aromatic N) is 2. The molecule has 0 fully saturated rings. The summed E-state index contributed by atoms with van der Waals surface area (Å²) in [5, 5.41) is 13.7. The number of hydrogen-bond acceptors (Lipinski definition) is 5. The Balaban J connectivity index is 2.53. The molecule has 6 nitrogen and oxygen atoms in total. The van der Waals surface area contributed by atoms with Crippen molar-refractivity contribution in [3.05, 3.63) is 17.8 Å². The van der Waals surface area contributed by atoms with Gasteiger partial charge in [0.1, 0.15) is 5.82 Å². The van der Waals surface area contributed by atoms with Crippen molar-refractivity contribution in [2.24, 2.45) is 0 Å². The lowest BCUT2D eigenvalue weighted by Crippen LogP contribution is -2.36. The average molecular weight is 252 g/mol. The molecule has 6 heteroatoms. The van der Waals surface area contributed by atoms with Crippen LogP contribution in [0.15, 0.2) is 12.1 Å². The van der Waals surface area contributed by atoms with Gasteiger partial charge in [-0.1, -0.05) is 6.92 Å². The Morgan fingerprint density at radius 3 is 2.78 bits per heavy atom. The highest BCUT2D eigenvalue weighted by Crippen LogP contribution is 2.02. The first-order chi connectivity index (χ1) is 8.67. The first kappa shape index (κ1) is 14.4. The average Bonchev–Trinajstić information content (AvgIpc) is 2.37. The molecule has 1 aromatic rings. The van der Waals surface area contributed by atoms with E-state index in [0.717, 1.165) is 13.0 Å². The highest BCUT2D eigenvalue weighted by atomic mass is 16.5. The first-order valence-electron chi connectivity index (χ1n) is 6.04. The fourth-order valence-corrected chi connectivity index (χ4v) is 1.39. The Bertz CT molecular complexity index is 367. The zero-order valence-corrected chi connectivity index (χ0v) is 11.1. The van der Waals surface area contributed by atoms with E-state index >= 15 is 0 Å². The predicted molar refractivity (Wildman–Crippen MR) is 69.6 cm³/mol. The van der Waals surface area contributed by atoms with Gasteiger partial charge in [0.05, 0.1) is 6.61 Å². The zero-order chi connectivity index (χ0) is 13.4. The maximum atomic E-state index is 11.8. The molecule has 18 heavy (non-hydrogen) atoms. The van der Waals surface area contributed by atoms with Crippen molar-refractivity contribution in [2.45, 2.75) is 26.3 Å². The second-order valence-electron chi connectivity index (χ2n) is 4.06. The van der Waals surface area contributed by atoms with Gasteiger partial charge in [-0.3, -0.25) is 4.79 Å². The molecule has 0 aliphatic rings. The molecule has 100 valence electrons. The molecule has 0 bridgehead atoms. The number of rotatable bonds is 7. The third-order valence-corrected chi connectivity index (χ3v) is 2.25. The number of methoxy groups -OCH3 is 1. The molecule has 0 saturated carbocycles. The minimum atomic E-state index is -0.242. The normalized spacial score (nSPS) is 11.9. The van der Waals surface area contributed by atoms with E-state index in [-0.39, 0.29) is 11.9 Å². The van der Waals surface area contributed by atoms with Crippen molar-refractivity contribution in [2.75, 3.05) is 25.6 Å². The summed E-state index contributed by atoms with van der Waals surface area (Å²) < 4.78 is 4.94. The van der Waals surface area contributed by atoms with E-state index in [4.69, 9.17) is 4.74 Å². The van der Waals surface area contributed by atoms with E-state index in [1.165, 1.54) is 0 Å². The molecule has 0 radical (unpaired) electrons. The van der Waals surface area contributed by atoms with E-state index in [1.807, 2.05) is 6.92 Å². The molecule has 2 N–H and O–H groups in total. The van der Waals surface area contributed by atoms with Gasteiger partial charge < -0.3 is 15.4 Å². The third kappa shape index (κ3) is 4.67.